The molecular weight excluding hydrogens is 456 g/mol. The van der Waals surface area contributed by atoms with E-state index in [0.717, 1.165) is 51.5 Å². The molecule has 9 nitrogen and oxygen atoms in total. The molecule has 192 valence electrons. The van der Waals surface area contributed by atoms with Crippen LogP contribution < -0.4 is 10.6 Å². The first-order valence-corrected chi connectivity index (χ1v) is 14.7. The van der Waals surface area contributed by atoms with E-state index in [4.69, 9.17) is 14.2 Å². The first kappa shape index (κ1) is 24.9. The van der Waals surface area contributed by atoms with E-state index >= 15 is 0 Å². The van der Waals surface area contributed by atoms with E-state index in [1.54, 1.807) is 4.31 Å². The van der Waals surface area contributed by atoms with Crippen LogP contribution in [0.2, 0.25) is 0 Å². The number of nitrogens with one attached hydrogen (secondary N) is 2. The maximum absolute atomic E-state index is 13.1. The lowest BCUT2D eigenvalue weighted by atomic mass is 9.85. The van der Waals surface area contributed by atoms with Crippen LogP contribution in [-0.4, -0.2) is 75.1 Å². The number of ether oxygens (including phenoxy) is 3. The van der Waals surface area contributed by atoms with Gasteiger partial charge in [-0.3, -0.25) is 10.6 Å². The highest BCUT2D eigenvalue weighted by Gasteiger charge is 2.43. The van der Waals surface area contributed by atoms with E-state index in [0.29, 0.717) is 44.6 Å². The van der Waals surface area contributed by atoms with Gasteiger partial charge in [0.15, 0.2) is 0 Å². The van der Waals surface area contributed by atoms with Gasteiger partial charge in [-0.05, 0) is 75.5 Å². The highest BCUT2D eigenvalue weighted by Crippen LogP contribution is 2.36. The van der Waals surface area contributed by atoms with E-state index in [-0.39, 0.29) is 35.8 Å². The Balaban J connectivity index is 1.09. The Hall–Kier alpha value is -0.800. The summed E-state index contributed by atoms with van der Waals surface area (Å²) in [5, 5.41) is 16.2. The number of piperidine rings is 1. The fourth-order valence-electron chi connectivity index (χ4n) is 6.43. The zero-order valence-corrected chi connectivity index (χ0v) is 21.0. The highest BCUT2D eigenvalue weighted by atomic mass is 32.2. The van der Waals surface area contributed by atoms with Gasteiger partial charge in [-0.1, -0.05) is 6.92 Å². The zero-order chi connectivity index (χ0) is 23.7. The standard InChI is InChI=1S/C24H40N4O5S/c1-16-8-10-28(11-9-16)34(29,30)19-5-3-18(4-6-19)23-27-20(13-25)24(33-23)26-14-17-2-7-21-22(12-17)32-15-31-21/h16-24,26-27H,2-12,14-15H2,1H3. The molecule has 0 spiro atoms. The van der Waals surface area contributed by atoms with Crippen LogP contribution in [0, 0.1) is 29.1 Å². The second-order valence-electron chi connectivity index (χ2n) is 11.0. The molecule has 0 amide bonds. The van der Waals surface area contributed by atoms with Crippen molar-refractivity contribution < 1.29 is 22.6 Å². The van der Waals surface area contributed by atoms with Gasteiger partial charge in [0.1, 0.15) is 25.3 Å². The van der Waals surface area contributed by atoms with E-state index in [1.807, 2.05) is 0 Å². The van der Waals surface area contributed by atoms with Crippen molar-refractivity contribution in [2.45, 2.75) is 101 Å². The van der Waals surface area contributed by atoms with E-state index in [2.05, 4.69) is 23.6 Å². The number of nitriles is 1. The van der Waals surface area contributed by atoms with E-state index in [1.165, 1.54) is 0 Å². The van der Waals surface area contributed by atoms with Crippen molar-refractivity contribution in [3.05, 3.63) is 0 Å². The first-order valence-electron chi connectivity index (χ1n) is 13.2. The van der Waals surface area contributed by atoms with Crippen LogP contribution in [0.1, 0.15) is 64.7 Å². The lowest BCUT2D eigenvalue weighted by Crippen LogP contribution is -2.45. The van der Waals surface area contributed by atoms with Gasteiger partial charge in [0, 0.05) is 19.6 Å². The lowest BCUT2D eigenvalue weighted by Gasteiger charge is -2.36. The maximum Gasteiger partial charge on any atom is 0.216 e. The summed E-state index contributed by atoms with van der Waals surface area (Å²) in [7, 11) is -3.22. The number of nitrogens with zero attached hydrogens (tertiary/aromatic N) is 2. The van der Waals surface area contributed by atoms with Crippen LogP contribution in [-0.2, 0) is 24.2 Å². The number of rotatable bonds is 6. The second kappa shape index (κ2) is 10.7. The van der Waals surface area contributed by atoms with Crippen LogP contribution in [0.4, 0.5) is 0 Å². The molecule has 2 N–H and O–H groups in total. The van der Waals surface area contributed by atoms with E-state index < -0.39 is 16.1 Å². The Labute approximate surface area is 203 Å². The molecule has 2 saturated carbocycles. The van der Waals surface area contributed by atoms with Crippen LogP contribution in [0.25, 0.3) is 0 Å². The highest BCUT2D eigenvalue weighted by molar-refractivity contribution is 7.89. The number of hydrogen-bond donors (Lipinski definition) is 2. The number of fused-ring (bicyclic) bond motifs is 1. The molecule has 5 rings (SSSR count). The first-order chi connectivity index (χ1) is 16.4. The van der Waals surface area contributed by atoms with Gasteiger partial charge in [0.25, 0.3) is 0 Å². The minimum Gasteiger partial charge on any atom is -0.349 e. The Kier molecular flexibility index (Phi) is 7.81. The third-order valence-electron chi connectivity index (χ3n) is 8.76. The lowest BCUT2D eigenvalue weighted by molar-refractivity contribution is -0.0233. The summed E-state index contributed by atoms with van der Waals surface area (Å²) >= 11 is 0. The zero-order valence-electron chi connectivity index (χ0n) is 20.2. The summed E-state index contributed by atoms with van der Waals surface area (Å²) in [6, 6.07) is 1.94. The molecule has 34 heavy (non-hydrogen) atoms. The van der Waals surface area contributed by atoms with Crippen LogP contribution in [0.3, 0.4) is 0 Å². The van der Waals surface area contributed by atoms with Gasteiger partial charge in [-0.2, -0.15) is 5.26 Å². The molecule has 3 heterocycles. The van der Waals surface area contributed by atoms with Gasteiger partial charge < -0.3 is 14.2 Å². The fraction of sp³-hybridized carbons (Fsp3) is 0.958. The Morgan fingerprint density at radius 1 is 1.03 bits per heavy atom. The molecule has 6 atom stereocenters. The van der Waals surface area contributed by atoms with Gasteiger partial charge >= 0.3 is 0 Å². The molecule has 5 aliphatic rings. The molecule has 2 aliphatic carbocycles. The molecule has 0 aromatic rings. The SMILES string of the molecule is CC1CCN(S(=O)(=O)C2CCC(C3NC(C#N)C(NCC4CCC5OCOC5C4)O3)CC2)CC1. The molecule has 6 unspecified atom stereocenters. The van der Waals surface area contributed by atoms with Gasteiger partial charge in [0.05, 0.1) is 23.5 Å². The predicted molar refractivity (Wildman–Crippen MR) is 126 cm³/mol. The van der Waals surface area contributed by atoms with Crippen molar-refractivity contribution in [1.29, 1.82) is 5.26 Å². The van der Waals surface area contributed by atoms with Crippen molar-refractivity contribution in [3.63, 3.8) is 0 Å². The average Bonchev–Trinajstić information content (AvgIpc) is 3.49. The summed E-state index contributed by atoms with van der Waals surface area (Å²) in [6.07, 6.45) is 7.85. The summed E-state index contributed by atoms with van der Waals surface area (Å²) in [5.74, 6) is 1.33. The third kappa shape index (κ3) is 5.31. The fourth-order valence-corrected chi connectivity index (χ4v) is 8.44. The molecule has 0 bridgehead atoms. The molecule has 10 heteroatoms. The minimum absolute atomic E-state index is 0.197. The molecule has 5 fully saturated rings. The van der Waals surface area contributed by atoms with Crippen LogP contribution in [0.15, 0.2) is 0 Å². The third-order valence-corrected chi connectivity index (χ3v) is 11.2. The predicted octanol–water partition coefficient (Wildman–Crippen LogP) is 1.90. The average molecular weight is 497 g/mol. The monoisotopic (exact) mass is 496 g/mol. The van der Waals surface area contributed by atoms with Crippen molar-refractivity contribution in [1.82, 2.24) is 14.9 Å². The summed E-state index contributed by atoms with van der Waals surface area (Å²) < 4.78 is 45.6. The van der Waals surface area contributed by atoms with Crippen molar-refractivity contribution in [3.8, 4) is 6.07 Å². The molecule has 3 aliphatic heterocycles. The van der Waals surface area contributed by atoms with Crippen LogP contribution >= 0.6 is 0 Å². The number of sulfonamides is 1. The van der Waals surface area contributed by atoms with Gasteiger partial charge in [-0.15, -0.1) is 0 Å². The van der Waals surface area contributed by atoms with Crippen molar-refractivity contribution in [2.24, 2.45) is 17.8 Å². The van der Waals surface area contributed by atoms with Gasteiger partial charge in [-0.25, -0.2) is 12.7 Å². The Bertz CT molecular complexity index is 835. The number of hydrogen-bond acceptors (Lipinski definition) is 8. The molecule has 3 saturated heterocycles. The summed E-state index contributed by atoms with van der Waals surface area (Å²) in [5.41, 5.74) is 0. The molecular formula is C24H40N4O5S. The maximum atomic E-state index is 13.1. The Morgan fingerprint density at radius 3 is 2.50 bits per heavy atom. The largest absolute Gasteiger partial charge is 0.349 e. The normalized spacial score (nSPS) is 42.4. The second-order valence-corrected chi connectivity index (χ2v) is 13.2. The van der Waals surface area contributed by atoms with Crippen LogP contribution in [0.5, 0.6) is 0 Å². The Morgan fingerprint density at radius 2 is 1.76 bits per heavy atom. The van der Waals surface area contributed by atoms with E-state index in [9.17, 15) is 13.7 Å². The summed E-state index contributed by atoms with van der Waals surface area (Å²) in [6.45, 7) is 4.72. The summed E-state index contributed by atoms with van der Waals surface area (Å²) in [4.78, 5) is 0. The molecule has 0 radical (unpaired) electrons. The van der Waals surface area contributed by atoms with Crippen molar-refractivity contribution in [2.75, 3.05) is 26.4 Å². The minimum atomic E-state index is -3.22. The quantitative estimate of drug-likeness (QED) is 0.573. The topological polar surface area (TPSA) is 113 Å². The van der Waals surface area contributed by atoms with Crippen molar-refractivity contribution >= 4 is 10.0 Å². The van der Waals surface area contributed by atoms with Gasteiger partial charge in [0.2, 0.25) is 10.0 Å². The molecule has 0 aromatic carbocycles. The molecule has 0 aromatic heterocycles. The smallest absolute Gasteiger partial charge is 0.216 e.